The van der Waals surface area contributed by atoms with Crippen molar-refractivity contribution in [3.05, 3.63) is 35.9 Å². The van der Waals surface area contributed by atoms with Gasteiger partial charge in [0.2, 0.25) is 11.8 Å². The fourth-order valence-electron chi connectivity index (χ4n) is 2.53. The van der Waals surface area contributed by atoms with Crippen LogP contribution >= 0.6 is 0 Å². The number of carbonyl (C=O) groups excluding carboxylic acids is 4. The van der Waals surface area contributed by atoms with Crippen LogP contribution in [0.5, 0.6) is 0 Å². The SMILES string of the molecule is COC(=O)CNC(=O)[C@]1(NC(=O)CNC(=O)c2ccccc2)C[C@H]1C(=O)O. The van der Waals surface area contributed by atoms with Gasteiger partial charge in [0.15, 0.2) is 0 Å². The zero-order valence-electron chi connectivity index (χ0n) is 14.5. The second-order valence-corrected chi connectivity index (χ2v) is 5.92. The molecule has 0 saturated heterocycles. The molecule has 10 nitrogen and oxygen atoms in total. The van der Waals surface area contributed by atoms with Crippen LogP contribution in [-0.4, -0.2) is 60.5 Å². The number of carboxylic acid groups (broad SMARTS) is 1. The molecule has 0 unspecified atom stereocenters. The lowest BCUT2D eigenvalue weighted by Gasteiger charge is -2.18. The topological polar surface area (TPSA) is 151 Å². The van der Waals surface area contributed by atoms with E-state index >= 15 is 0 Å². The largest absolute Gasteiger partial charge is 0.481 e. The minimum atomic E-state index is -1.66. The van der Waals surface area contributed by atoms with Gasteiger partial charge in [0, 0.05) is 5.56 Å². The third kappa shape index (κ3) is 4.81. The molecule has 4 N–H and O–H groups in total. The first-order valence-electron chi connectivity index (χ1n) is 8.02. The maximum Gasteiger partial charge on any atom is 0.325 e. The number of carbonyl (C=O) groups is 5. The van der Waals surface area contributed by atoms with E-state index in [0.717, 1.165) is 7.11 Å². The van der Waals surface area contributed by atoms with Crippen LogP contribution < -0.4 is 16.0 Å². The molecule has 1 aliphatic rings. The fraction of sp³-hybridized carbons (Fsp3) is 0.353. The van der Waals surface area contributed by atoms with Gasteiger partial charge >= 0.3 is 11.9 Å². The number of rotatable bonds is 8. The number of esters is 1. The Morgan fingerprint density at radius 2 is 1.78 bits per heavy atom. The van der Waals surface area contributed by atoms with Gasteiger partial charge in [-0.2, -0.15) is 0 Å². The van der Waals surface area contributed by atoms with Crippen LogP contribution in [0.3, 0.4) is 0 Å². The summed E-state index contributed by atoms with van der Waals surface area (Å²) < 4.78 is 4.39. The third-order valence-electron chi connectivity index (χ3n) is 4.09. The minimum absolute atomic E-state index is 0.117. The standard InChI is InChI=1S/C17H19N3O7/c1-27-13(22)9-19-16(26)17(7-11(17)15(24)25)20-12(21)8-18-14(23)10-5-3-2-4-6-10/h2-6,11H,7-9H2,1H3,(H,18,23)(H,19,26)(H,20,21)(H,24,25)/t11-,17-/m0/s1. The Hall–Kier alpha value is -3.43. The Morgan fingerprint density at radius 3 is 2.33 bits per heavy atom. The molecule has 3 amide bonds. The predicted molar refractivity (Wildman–Crippen MR) is 90.4 cm³/mol. The van der Waals surface area contributed by atoms with Crippen molar-refractivity contribution in [3.8, 4) is 0 Å². The van der Waals surface area contributed by atoms with E-state index in [1.807, 2.05) is 0 Å². The molecule has 0 aromatic heterocycles. The zero-order valence-corrected chi connectivity index (χ0v) is 14.5. The van der Waals surface area contributed by atoms with Crippen molar-refractivity contribution in [1.82, 2.24) is 16.0 Å². The van der Waals surface area contributed by atoms with E-state index in [1.165, 1.54) is 0 Å². The molecule has 1 saturated carbocycles. The highest BCUT2D eigenvalue weighted by molar-refractivity contribution is 6.02. The van der Waals surface area contributed by atoms with Crippen molar-refractivity contribution in [3.63, 3.8) is 0 Å². The van der Waals surface area contributed by atoms with Crippen LogP contribution in [0, 0.1) is 5.92 Å². The van der Waals surface area contributed by atoms with E-state index in [2.05, 4.69) is 20.7 Å². The molecule has 1 aromatic carbocycles. The Labute approximate surface area is 154 Å². The van der Waals surface area contributed by atoms with E-state index in [9.17, 15) is 24.0 Å². The second kappa shape index (κ2) is 8.30. The number of amides is 3. The fourth-order valence-corrected chi connectivity index (χ4v) is 2.53. The van der Waals surface area contributed by atoms with Crippen LogP contribution in [0.2, 0.25) is 0 Å². The molecule has 0 aliphatic heterocycles. The number of benzene rings is 1. The lowest BCUT2D eigenvalue weighted by molar-refractivity contribution is -0.142. The summed E-state index contributed by atoms with van der Waals surface area (Å²) in [6.45, 7) is -0.893. The first kappa shape index (κ1) is 19.9. The summed E-state index contributed by atoms with van der Waals surface area (Å²) in [6.07, 6.45) is -0.117. The summed E-state index contributed by atoms with van der Waals surface area (Å²) in [5.41, 5.74) is -1.31. The maximum absolute atomic E-state index is 12.3. The van der Waals surface area contributed by atoms with Gasteiger partial charge in [-0.25, -0.2) is 0 Å². The lowest BCUT2D eigenvalue weighted by atomic mass is 10.1. The molecular formula is C17H19N3O7. The summed E-state index contributed by atoms with van der Waals surface area (Å²) in [7, 11) is 1.14. The molecule has 27 heavy (non-hydrogen) atoms. The quantitative estimate of drug-likeness (QED) is 0.410. The van der Waals surface area contributed by atoms with Crippen molar-refractivity contribution in [2.24, 2.45) is 5.92 Å². The summed E-state index contributed by atoms with van der Waals surface area (Å²) in [5, 5.41) is 16.1. The highest BCUT2D eigenvalue weighted by Crippen LogP contribution is 2.43. The van der Waals surface area contributed by atoms with E-state index in [-0.39, 0.29) is 6.42 Å². The molecule has 0 spiro atoms. The van der Waals surface area contributed by atoms with Crippen LogP contribution in [0.1, 0.15) is 16.8 Å². The highest BCUT2D eigenvalue weighted by atomic mass is 16.5. The van der Waals surface area contributed by atoms with Gasteiger partial charge in [-0.3, -0.25) is 24.0 Å². The van der Waals surface area contributed by atoms with Crippen LogP contribution in [0.15, 0.2) is 30.3 Å². The molecule has 1 aromatic rings. The van der Waals surface area contributed by atoms with Crippen molar-refractivity contribution >= 4 is 29.7 Å². The van der Waals surface area contributed by atoms with Gasteiger partial charge < -0.3 is 25.8 Å². The third-order valence-corrected chi connectivity index (χ3v) is 4.09. The molecule has 1 aliphatic carbocycles. The van der Waals surface area contributed by atoms with Gasteiger partial charge in [-0.15, -0.1) is 0 Å². The van der Waals surface area contributed by atoms with Crippen molar-refractivity contribution in [2.45, 2.75) is 12.0 Å². The normalized spacial score (nSPS) is 20.1. The number of carboxylic acids is 1. The Bertz CT molecular complexity index is 765. The Kier molecular flexibility index (Phi) is 6.11. The average molecular weight is 377 g/mol. The molecule has 144 valence electrons. The second-order valence-electron chi connectivity index (χ2n) is 5.92. The molecule has 10 heteroatoms. The maximum atomic E-state index is 12.3. The van der Waals surface area contributed by atoms with E-state index in [4.69, 9.17) is 5.11 Å². The van der Waals surface area contributed by atoms with Gasteiger partial charge in [0.05, 0.1) is 19.6 Å². The minimum Gasteiger partial charge on any atom is -0.481 e. The monoisotopic (exact) mass is 377 g/mol. The van der Waals surface area contributed by atoms with Crippen molar-refractivity contribution in [2.75, 3.05) is 20.2 Å². The number of hydrogen-bond acceptors (Lipinski definition) is 6. The molecule has 0 bridgehead atoms. The van der Waals surface area contributed by atoms with Crippen LogP contribution in [0.25, 0.3) is 0 Å². The van der Waals surface area contributed by atoms with Gasteiger partial charge in [0.25, 0.3) is 5.91 Å². The number of ether oxygens (including phenoxy) is 1. The molecule has 0 heterocycles. The van der Waals surface area contributed by atoms with Crippen LogP contribution in [-0.2, 0) is 23.9 Å². The first-order valence-corrected chi connectivity index (χ1v) is 8.02. The van der Waals surface area contributed by atoms with E-state index in [1.54, 1.807) is 30.3 Å². The van der Waals surface area contributed by atoms with Crippen molar-refractivity contribution in [1.29, 1.82) is 0 Å². The van der Waals surface area contributed by atoms with Gasteiger partial charge in [-0.05, 0) is 18.6 Å². The summed E-state index contributed by atoms with van der Waals surface area (Å²) in [4.78, 5) is 58.7. The molecule has 1 fully saturated rings. The lowest BCUT2D eigenvalue weighted by Crippen LogP contribution is -2.54. The van der Waals surface area contributed by atoms with E-state index in [0.29, 0.717) is 5.56 Å². The Morgan fingerprint density at radius 1 is 1.11 bits per heavy atom. The smallest absolute Gasteiger partial charge is 0.325 e. The number of hydrogen-bond donors (Lipinski definition) is 4. The first-order chi connectivity index (χ1) is 12.8. The highest BCUT2D eigenvalue weighted by Gasteiger charge is 2.65. The zero-order chi connectivity index (χ0) is 20.0. The molecule has 0 radical (unpaired) electrons. The van der Waals surface area contributed by atoms with Gasteiger partial charge in [-0.1, -0.05) is 18.2 Å². The van der Waals surface area contributed by atoms with Gasteiger partial charge in [0.1, 0.15) is 12.1 Å². The number of aliphatic carboxylic acids is 1. The summed E-state index contributed by atoms with van der Waals surface area (Å²) >= 11 is 0. The predicted octanol–water partition coefficient (Wildman–Crippen LogP) is -1.33. The summed E-state index contributed by atoms with van der Waals surface area (Å²) in [5.74, 6) is -5.10. The average Bonchev–Trinajstić information content (AvgIpc) is 3.40. The molecular weight excluding hydrogens is 358 g/mol. The summed E-state index contributed by atoms with van der Waals surface area (Å²) in [6, 6.07) is 8.19. The molecule has 2 atom stereocenters. The van der Waals surface area contributed by atoms with Crippen molar-refractivity contribution < 1.29 is 33.8 Å². The number of nitrogens with one attached hydrogen (secondary N) is 3. The Balaban J connectivity index is 1.94. The van der Waals surface area contributed by atoms with E-state index < -0.39 is 54.2 Å². The number of methoxy groups -OCH3 is 1. The van der Waals surface area contributed by atoms with Crippen LogP contribution in [0.4, 0.5) is 0 Å². The molecule has 2 rings (SSSR count).